The van der Waals surface area contributed by atoms with E-state index in [4.69, 9.17) is 0 Å². The summed E-state index contributed by atoms with van der Waals surface area (Å²) >= 11 is 0. The van der Waals surface area contributed by atoms with Gasteiger partial charge in [0.15, 0.2) is 0 Å². The molecule has 0 saturated carbocycles. The van der Waals surface area contributed by atoms with E-state index in [0.29, 0.717) is 6.42 Å². The van der Waals surface area contributed by atoms with Gasteiger partial charge in [0.2, 0.25) is 34.8 Å². The molecule has 1 aromatic rings. The fraction of sp³-hybridized carbons (Fsp3) is 0.720. The summed E-state index contributed by atoms with van der Waals surface area (Å²) in [4.78, 5) is 21.8. The molecule has 36 heavy (non-hydrogen) atoms. The number of likely N-dealkylation sites (N-methyl/N-ethyl adjacent to an activating group) is 3. The van der Waals surface area contributed by atoms with Crippen molar-refractivity contribution in [2.24, 2.45) is 0 Å². The second kappa shape index (κ2) is 14.8. The van der Waals surface area contributed by atoms with Crippen molar-refractivity contribution in [2.75, 3.05) is 72.0 Å². The Morgan fingerprint density at radius 2 is 1.06 bits per heavy atom. The van der Waals surface area contributed by atoms with Gasteiger partial charge in [-0.05, 0) is 33.0 Å². The lowest BCUT2D eigenvalue weighted by Crippen LogP contribution is -2.47. The number of halogens is 5. The van der Waals surface area contributed by atoms with Gasteiger partial charge >= 0.3 is 5.97 Å². The molecule has 0 radical (unpaired) electrons. The molecule has 1 aliphatic heterocycles. The second-order valence-corrected chi connectivity index (χ2v) is 9.10. The maximum atomic E-state index is 13.8. The van der Waals surface area contributed by atoms with Gasteiger partial charge in [0.1, 0.15) is 0 Å². The van der Waals surface area contributed by atoms with E-state index in [0.717, 1.165) is 72.0 Å². The van der Waals surface area contributed by atoms with Crippen LogP contribution in [0.5, 0.6) is 5.75 Å². The standard InChI is InChI=1S/C25H39F5N4O2/c1-5-31-10-12-32(6-2)14-16-34(17-15-33(7-3)13-11-31)18(4)8-9-19(35)36-25-23(29)21(27)20(26)22(28)24(25)30/h18H,5-17H2,1-4H3. The SMILES string of the molecule is CCN1CCN(CC)CCN(C(C)CCC(=O)Oc2c(F)c(F)c(F)c(F)c2F)CCN(CC)CC1. The molecule has 1 fully saturated rings. The summed E-state index contributed by atoms with van der Waals surface area (Å²) < 4.78 is 72.2. The Hall–Kier alpha value is -1.82. The number of benzene rings is 1. The van der Waals surface area contributed by atoms with Crippen LogP contribution in [0.1, 0.15) is 40.5 Å². The summed E-state index contributed by atoms with van der Waals surface area (Å²) in [5.74, 6) is -13.5. The van der Waals surface area contributed by atoms with Crippen LogP contribution in [0.4, 0.5) is 22.0 Å². The van der Waals surface area contributed by atoms with Crippen molar-refractivity contribution in [1.82, 2.24) is 19.6 Å². The van der Waals surface area contributed by atoms with E-state index in [-0.39, 0.29) is 12.5 Å². The molecule has 0 aliphatic carbocycles. The molecule has 6 nitrogen and oxygen atoms in total. The minimum absolute atomic E-state index is 0.0542. The minimum atomic E-state index is -2.29. The van der Waals surface area contributed by atoms with Crippen LogP contribution >= 0.6 is 0 Å². The van der Waals surface area contributed by atoms with Crippen molar-refractivity contribution >= 4 is 5.97 Å². The van der Waals surface area contributed by atoms with Crippen molar-refractivity contribution in [3.63, 3.8) is 0 Å². The Morgan fingerprint density at radius 1 is 0.694 bits per heavy atom. The summed E-state index contributed by atoms with van der Waals surface area (Å²) in [6.07, 6.45) is 0.0910. The maximum Gasteiger partial charge on any atom is 0.311 e. The van der Waals surface area contributed by atoms with Gasteiger partial charge in [0, 0.05) is 64.8 Å². The average molecular weight is 523 g/mol. The van der Waals surface area contributed by atoms with Crippen LogP contribution in [0, 0.1) is 29.1 Å². The van der Waals surface area contributed by atoms with Crippen molar-refractivity contribution in [2.45, 2.75) is 46.6 Å². The molecule has 1 heterocycles. The van der Waals surface area contributed by atoms with Crippen LogP contribution in [-0.4, -0.2) is 104 Å². The largest absolute Gasteiger partial charge is 0.420 e. The number of carbonyl (C=O) groups excluding carboxylic acids is 1. The molecular weight excluding hydrogens is 483 g/mol. The first-order valence-electron chi connectivity index (χ1n) is 12.8. The molecule has 206 valence electrons. The number of hydrogen-bond donors (Lipinski definition) is 0. The molecule has 1 aromatic carbocycles. The van der Waals surface area contributed by atoms with Crippen LogP contribution in [-0.2, 0) is 4.79 Å². The van der Waals surface area contributed by atoms with Crippen LogP contribution in [0.3, 0.4) is 0 Å². The van der Waals surface area contributed by atoms with Crippen molar-refractivity contribution in [1.29, 1.82) is 0 Å². The average Bonchev–Trinajstić information content (AvgIpc) is 2.88. The van der Waals surface area contributed by atoms with E-state index in [9.17, 15) is 26.7 Å². The van der Waals surface area contributed by atoms with Crippen LogP contribution in [0.15, 0.2) is 0 Å². The zero-order valence-electron chi connectivity index (χ0n) is 21.8. The third kappa shape index (κ3) is 8.36. The van der Waals surface area contributed by atoms with Crippen molar-refractivity contribution in [3.05, 3.63) is 29.1 Å². The molecule has 0 spiro atoms. The quantitative estimate of drug-likeness (QED) is 0.170. The topological polar surface area (TPSA) is 39.3 Å². The molecule has 1 saturated heterocycles. The van der Waals surface area contributed by atoms with E-state index in [2.05, 4.69) is 45.1 Å². The summed E-state index contributed by atoms with van der Waals surface area (Å²) in [6, 6.07) is -0.0542. The molecular formula is C25H39F5N4O2. The normalized spacial score (nSPS) is 19.0. The van der Waals surface area contributed by atoms with E-state index in [1.54, 1.807) is 0 Å². The predicted octanol–water partition coefficient (Wildman–Crippen LogP) is 3.74. The first-order chi connectivity index (χ1) is 17.1. The van der Waals surface area contributed by atoms with Gasteiger partial charge in [-0.2, -0.15) is 8.78 Å². The van der Waals surface area contributed by atoms with Gasteiger partial charge in [0.05, 0.1) is 0 Å². The zero-order chi connectivity index (χ0) is 26.8. The molecule has 1 aliphatic rings. The number of nitrogens with zero attached hydrogens (tertiary/aromatic N) is 4. The summed E-state index contributed by atoms with van der Waals surface area (Å²) in [7, 11) is 0. The molecule has 0 bridgehead atoms. The van der Waals surface area contributed by atoms with Gasteiger partial charge in [-0.15, -0.1) is 0 Å². The summed E-state index contributed by atoms with van der Waals surface area (Å²) in [5.41, 5.74) is 0. The first-order valence-corrected chi connectivity index (χ1v) is 12.8. The van der Waals surface area contributed by atoms with Gasteiger partial charge in [-0.25, -0.2) is 13.2 Å². The highest BCUT2D eigenvalue weighted by Crippen LogP contribution is 2.29. The molecule has 0 amide bonds. The fourth-order valence-corrected chi connectivity index (χ4v) is 4.29. The smallest absolute Gasteiger partial charge is 0.311 e. The number of hydrogen-bond acceptors (Lipinski definition) is 6. The highest BCUT2D eigenvalue weighted by molar-refractivity contribution is 5.72. The van der Waals surface area contributed by atoms with Crippen molar-refractivity contribution in [3.8, 4) is 5.75 Å². The Morgan fingerprint density at radius 3 is 1.44 bits per heavy atom. The minimum Gasteiger partial charge on any atom is -0.420 e. The second-order valence-electron chi connectivity index (χ2n) is 9.10. The van der Waals surface area contributed by atoms with Crippen molar-refractivity contribution < 1.29 is 31.5 Å². The number of esters is 1. The van der Waals surface area contributed by atoms with Gasteiger partial charge in [-0.3, -0.25) is 9.69 Å². The molecule has 0 N–H and O–H groups in total. The molecule has 0 aromatic heterocycles. The molecule has 1 atom stereocenters. The first kappa shape index (κ1) is 30.4. The number of rotatable bonds is 8. The molecule has 11 heteroatoms. The highest BCUT2D eigenvalue weighted by Gasteiger charge is 2.29. The monoisotopic (exact) mass is 522 g/mol. The highest BCUT2D eigenvalue weighted by atomic mass is 19.2. The van der Waals surface area contributed by atoms with E-state index in [1.807, 2.05) is 6.92 Å². The van der Waals surface area contributed by atoms with Crippen LogP contribution < -0.4 is 4.74 Å². The Bertz CT molecular complexity index is 811. The third-order valence-electron chi connectivity index (χ3n) is 6.99. The van der Waals surface area contributed by atoms with E-state index in [1.165, 1.54) is 0 Å². The summed E-state index contributed by atoms with van der Waals surface area (Å²) in [6.45, 7) is 18.5. The zero-order valence-corrected chi connectivity index (χ0v) is 21.8. The summed E-state index contributed by atoms with van der Waals surface area (Å²) in [5, 5.41) is 0. The number of carbonyl (C=O) groups is 1. The Kier molecular flexibility index (Phi) is 12.5. The predicted molar refractivity (Wildman–Crippen MR) is 128 cm³/mol. The van der Waals surface area contributed by atoms with Crippen LogP contribution in [0.2, 0.25) is 0 Å². The van der Waals surface area contributed by atoms with Crippen LogP contribution in [0.25, 0.3) is 0 Å². The lowest BCUT2D eigenvalue weighted by molar-refractivity contribution is -0.135. The van der Waals surface area contributed by atoms with E-state index >= 15 is 0 Å². The lowest BCUT2D eigenvalue weighted by atomic mass is 10.1. The van der Waals surface area contributed by atoms with Gasteiger partial charge in [-0.1, -0.05) is 20.8 Å². The lowest BCUT2D eigenvalue weighted by Gasteiger charge is -2.35. The van der Waals surface area contributed by atoms with Gasteiger partial charge in [0.25, 0.3) is 0 Å². The molecule has 2 rings (SSSR count). The third-order valence-corrected chi connectivity index (χ3v) is 6.99. The van der Waals surface area contributed by atoms with E-state index < -0.39 is 40.8 Å². The Balaban J connectivity index is 2.02. The fourth-order valence-electron chi connectivity index (χ4n) is 4.29. The maximum absolute atomic E-state index is 13.8. The Labute approximate surface area is 211 Å². The molecule has 1 unspecified atom stereocenters. The van der Waals surface area contributed by atoms with Gasteiger partial charge < -0.3 is 19.4 Å². The number of ether oxygens (including phenoxy) is 1.